The maximum Gasteiger partial charge on any atom is 0.222 e. The molecule has 0 bridgehead atoms. The number of hydrogen-bond acceptors (Lipinski definition) is 3. The number of aromatic nitrogens is 2. The van der Waals surface area contributed by atoms with Crippen molar-refractivity contribution in [1.29, 1.82) is 0 Å². The highest BCUT2D eigenvalue weighted by Gasteiger charge is 2.16. The van der Waals surface area contributed by atoms with Gasteiger partial charge in [0.15, 0.2) is 0 Å². The zero-order valence-corrected chi connectivity index (χ0v) is 7.95. The van der Waals surface area contributed by atoms with Gasteiger partial charge in [-0.05, 0) is 31.2 Å². The third-order valence-corrected chi connectivity index (χ3v) is 2.55. The van der Waals surface area contributed by atoms with Crippen LogP contribution in [0, 0.1) is 12.8 Å². The molecule has 0 saturated heterocycles. The number of anilines is 1. The molecule has 1 heterocycles. The summed E-state index contributed by atoms with van der Waals surface area (Å²) in [6.07, 6.45) is 7.80. The molecule has 0 atom stereocenters. The van der Waals surface area contributed by atoms with E-state index in [2.05, 4.69) is 15.3 Å². The fourth-order valence-corrected chi connectivity index (χ4v) is 1.42. The number of rotatable bonds is 3. The molecule has 0 aliphatic heterocycles. The molecule has 1 aromatic rings. The molecule has 1 aromatic heterocycles. The minimum Gasteiger partial charge on any atom is -0.354 e. The second kappa shape index (κ2) is 3.73. The Morgan fingerprint density at radius 1 is 1.38 bits per heavy atom. The van der Waals surface area contributed by atoms with E-state index in [-0.39, 0.29) is 0 Å². The van der Waals surface area contributed by atoms with Crippen LogP contribution in [0.25, 0.3) is 0 Å². The van der Waals surface area contributed by atoms with Crippen molar-refractivity contribution in [2.45, 2.75) is 26.2 Å². The van der Waals surface area contributed by atoms with E-state index in [9.17, 15) is 0 Å². The Labute approximate surface area is 78.6 Å². The topological polar surface area (TPSA) is 37.8 Å². The molecule has 0 radical (unpaired) electrons. The molecule has 13 heavy (non-hydrogen) atoms. The average molecular weight is 177 g/mol. The summed E-state index contributed by atoms with van der Waals surface area (Å²) >= 11 is 0. The highest BCUT2D eigenvalue weighted by Crippen LogP contribution is 2.25. The van der Waals surface area contributed by atoms with Crippen LogP contribution in [0.1, 0.15) is 24.8 Å². The Bertz CT molecular complexity index is 264. The van der Waals surface area contributed by atoms with Crippen LogP contribution in [0.5, 0.6) is 0 Å². The Morgan fingerprint density at radius 3 is 2.62 bits per heavy atom. The maximum absolute atomic E-state index is 4.19. The molecule has 0 unspecified atom stereocenters. The summed E-state index contributed by atoms with van der Waals surface area (Å²) in [5, 5.41) is 3.25. The van der Waals surface area contributed by atoms with Crippen molar-refractivity contribution in [1.82, 2.24) is 9.97 Å². The van der Waals surface area contributed by atoms with Crippen molar-refractivity contribution in [3.8, 4) is 0 Å². The highest BCUT2D eigenvalue weighted by molar-refractivity contribution is 5.24. The van der Waals surface area contributed by atoms with Gasteiger partial charge in [-0.15, -0.1) is 0 Å². The smallest absolute Gasteiger partial charge is 0.222 e. The Hall–Kier alpha value is -1.12. The van der Waals surface area contributed by atoms with Crippen molar-refractivity contribution in [3.63, 3.8) is 0 Å². The second-order valence-corrected chi connectivity index (χ2v) is 3.76. The Balaban J connectivity index is 1.83. The van der Waals surface area contributed by atoms with Gasteiger partial charge in [0.2, 0.25) is 5.95 Å². The van der Waals surface area contributed by atoms with E-state index in [0.717, 1.165) is 24.0 Å². The van der Waals surface area contributed by atoms with E-state index in [1.54, 1.807) is 0 Å². The molecule has 1 aliphatic rings. The van der Waals surface area contributed by atoms with E-state index in [4.69, 9.17) is 0 Å². The highest BCUT2D eigenvalue weighted by atomic mass is 15.1. The normalized spacial score (nSPS) is 16.7. The van der Waals surface area contributed by atoms with Crippen molar-refractivity contribution < 1.29 is 0 Å². The molecule has 3 nitrogen and oxygen atoms in total. The van der Waals surface area contributed by atoms with Crippen LogP contribution in [-0.4, -0.2) is 16.5 Å². The van der Waals surface area contributed by atoms with Crippen LogP contribution in [0.4, 0.5) is 5.95 Å². The van der Waals surface area contributed by atoms with Gasteiger partial charge in [0.05, 0.1) is 0 Å². The average Bonchev–Trinajstić information content (AvgIpc) is 2.05. The molecule has 70 valence electrons. The molecular weight excluding hydrogens is 162 g/mol. The molecule has 1 fully saturated rings. The summed E-state index contributed by atoms with van der Waals surface area (Å²) in [4.78, 5) is 8.37. The van der Waals surface area contributed by atoms with Gasteiger partial charge in [-0.3, -0.25) is 0 Å². The van der Waals surface area contributed by atoms with Crippen molar-refractivity contribution in [2.75, 3.05) is 11.9 Å². The predicted molar refractivity (Wildman–Crippen MR) is 52.6 cm³/mol. The minimum absolute atomic E-state index is 0.762. The van der Waals surface area contributed by atoms with Gasteiger partial charge in [-0.1, -0.05) is 6.42 Å². The SMILES string of the molecule is Cc1cnc(NCC2CCC2)nc1. The first-order valence-corrected chi connectivity index (χ1v) is 4.87. The lowest BCUT2D eigenvalue weighted by Gasteiger charge is -2.25. The lowest BCUT2D eigenvalue weighted by Crippen LogP contribution is -2.21. The van der Waals surface area contributed by atoms with Crippen molar-refractivity contribution >= 4 is 5.95 Å². The first-order chi connectivity index (χ1) is 6.34. The summed E-state index contributed by atoms with van der Waals surface area (Å²) in [6.45, 7) is 3.03. The summed E-state index contributed by atoms with van der Waals surface area (Å²) in [5.74, 6) is 1.61. The van der Waals surface area contributed by atoms with E-state index in [1.165, 1.54) is 19.3 Å². The van der Waals surface area contributed by atoms with Gasteiger partial charge in [0.1, 0.15) is 0 Å². The third kappa shape index (κ3) is 2.17. The summed E-state index contributed by atoms with van der Waals surface area (Å²) in [6, 6.07) is 0. The van der Waals surface area contributed by atoms with Crippen molar-refractivity contribution in [2.24, 2.45) is 5.92 Å². The second-order valence-electron chi connectivity index (χ2n) is 3.76. The fourth-order valence-electron chi connectivity index (χ4n) is 1.42. The van der Waals surface area contributed by atoms with E-state index in [1.807, 2.05) is 19.3 Å². The van der Waals surface area contributed by atoms with Crippen LogP contribution >= 0.6 is 0 Å². The molecule has 0 amide bonds. The van der Waals surface area contributed by atoms with Gasteiger partial charge in [0.25, 0.3) is 0 Å². The predicted octanol–water partition coefficient (Wildman–Crippen LogP) is 2.00. The standard InChI is InChI=1S/C10H15N3/c1-8-5-11-10(12-6-8)13-7-9-3-2-4-9/h5-6,9H,2-4,7H2,1H3,(H,11,12,13). The summed E-state index contributed by atoms with van der Waals surface area (Å²) in [5.41, 5.74) is 1.11. The maximum atomic E-state index is 4.19. The van der Waals surface area contributed by atoms with Gasteiger partial charge < -0.3 is 5.32 Å². The quantitative estimate of drug-likeness (QED) is 0.767. The van der Waals surface area contributed by atoms with E-state index >= 15 is 0 Å². The van der Waals surface area contributed by atoms with Gasteiger partial charge in [-0.25, -0.2) is 9.97 Å². The number of nitrogens with one attached hydrogen (secondary N) is 1. The van der Waals surface area contributed by atoms with Gasteiger partial charge in [0, 0.05) is 18.9 Å². The molecule has 1 aliphatic carbocycles. The molecule has 0 spiro atoms. The zero-order valence-electron chi connectivity index (χ0n) is 7.95. The van der Waals surface area contributed by atoms with E-state index in [0.29, 0.717) is 0 Å². The lowest BCUT2D eigenvalue weighted by molar-refractivity contribution is 0.333. The van der Waals surface area contributed by atoms with E-state index < -0.39 is 0 Å². The Kier molecular flexibility index (Phi) is 2.43. The first-order valence-electron chi connectivity index (χ1n) is 4.87. The Morgan fingerprint density at radius 2 is 2.08 bits per heavy atom. The van der Waals surface area contributed by atoms with Crippen LogP contribution in [-0.2, 0) is 0 Å². The van der Waals surface area contributed by atoms with Gasteiger partial charge in [-0.2, -0.15) is 0 Å². The van der Waals surface area contributed by atoms with Crippen LogP contribution < -0.4 is 5.32 Å². The third-order valence-electron chi connectivity index (χ3n) is 2.55. The molecule has 2 rings (SSSR count). The fraction of sp³-hybridized carbons (Fsp3) is 0.600. The van der Waals surface area contributed by atoms with Crippen LogP contribution in [0.2, 0.25) is 0 Å². The van der Waals surface area contributed by atoms with Crippen LogP contribution in [0.3, 0.4) is 0 Å². The molecule has 1 N–H and O–H groups in total. The minimum atomic E-state index is 0.762. The van der Waals surface area contributed by atoms with Gasteiger partial charge >= 0.3 is 0 Å². The molecule has 1 saturated carbocycles. The molecule has 3 heteroatoms. The number of aryl methyl sites for hydroxylation is 1. The summed E-state index contributed by atoms with van der Waals surface area (Å²) < 4.78 is 0. The first kappa shape index (κ1) is 8.48. The molecular formula is C10H15N3. The van der Waals surface area contributed by atoms with Crippen molar-refractivity contribution in [3.05, 3.63) is 18.0 Å². The monoisotopic (exact) mass is 177 g/mol. The number of nitrogens with zero attached hydrogens (tertiary/aromatic N) is 2. The molecule has 0 aromatic carbocycles. The lowest BCUT2D eigenvalue weighted by atomic mass is 9.85. The summed E-state index contributed by atoms with van der Waals surface area (Å²) in [7, 11) is 0. The zero-order chi connectivity index (χ0) is 9.10. The van der Waals surface area contributed by atoms with Crippen LogP contribution in [0.15, 0.2) is 12.4 Å². The largest absolute Gasteiger partial charge is 0.354 e. The number of hydrogen-bond donors (Lipinski definition) is 1.